The van der Waals surface area contributed by atoms with Crippen molar-refractivity contribution in [2.75, 3.05) is 26.3 Å². The van der Waals surface area contributed by atoms with E-state index >= 15 is 0 Å². The van der Waals surface area contributed by atoms with Crippen LogP contribution in [0.1, 0.15) is 19.8 Å². The summed E-state index contributed by atoms with van der Waals surface area (Å²) in [6.07, 6.45) is -0.302. The fraction of sp³-hybridized carbons (Fsp3) is 0.900. The minimum Gasteiger partial charge on any atom is -0.376 e. The van der Waals surface area contributed by atoms with Gasteiger partial charge >= 0.3 is 0 Å². The number of carbonyl (C=O) groups excluding carboxylic acids is 1. The van der Waals surface area contributed by atoms with Crippen LogP contribution in [0.3, 0.4) is 0 Å². The van der Waals surface area contributed by atoms with Crippen LogP contribution in [-0.4, -0.2) is 48.4 Å². The maximum Gasteiger partial charge on any atom is 0.250 e. The first-order valence-corrected chi connectivity index (χ1v) is 5.18. The fourth-order valence-electron chi connectivity index (χ4n) is 2.17. The lowest BCUT2D eigenvalue weighted by Crippen LogP contribution is -2.68. The maximum absolute atomic E-state index is 12.9. The van der Waals surface area contributed by atoms with Gasteiger partial charge in [0.05, 0.1) is 13.2 Å². The molecule has 2 rings (SSSR count). The molecule has 86 valence electrons. The summed E-state index contributed by atoms with van der Waals surface area (Å²) in [5.74, 6) is -2.53. The molecule has 0 aromatic rings. The van der Waals surface area contributed by atoms with Gasteiger partial charge < -0.3 is 4.74 Å². The Morgan fingerprint density at radius 1 is 1.27 bits per heavy atom. The topological polar surface area (TPSA) is 29.5 Å². The molecule has 0 bridgehead atoms. The number of halogens is 2. The number of hydrogen-bond donors (Lipinski definition) is 0. The molecule has 0 aromatic heterocycles. The van der Waals surface area contributed by atoms with E-state index in [0.717, 1.165) is 0 Å². The van der Waals surface area contributed by atoms with E-state index in [9.17, 15) is 13.6 Å². The molecule has 5 heteroatoms. The lowest BCUT2D eigenvalue weighted by molar-refractivity contribution is -0.179. The molecule has 0 aromatic carbocycles. The van der Waals surface area contributed by atoms with Crippen LogP contribution in [0.25, 0.3) is 0 Å². The highest BCUT2D eigenvalue weighted by Gasteiger charge is 2.51. The average Bonchev–Trinajstić information content (AvgIpc) is 2.05. The van der Waals surface area contributed by atoms with Crippen molar-refractivity contribution < 1.29 is 18.3 Å². The lowest BCUT2D eigenvalue weighted by Gasteiger charge is -2.50. The Kier molecular flexibility index (Phi) is 2.55. The van der Waals surface area contributed by atoms with Gasteiger partial charge in [0, 0.05) is 25.9 Å². The molecule has 0 N–H and O–H groups in total. The van der Waals surface area contributed by atoms with E-state index in [4.69, 9.17) is 4.74 Å². The minimum absolute atomic E-state index is 0.0268. The molecular formula is C10H15F2NO2. The van der Waals surface area contributed by atoms with Crippen molar-refractivity contribution in [3.05, 3.63) is 0 Å². The summed E-state index contributed by atoms with van der Waals surface area (Å²) in [4.78, 5) is 13.4. The summed E-state index contributed by atoms with van der Waals surface area (Å²) in [6.45, 7) is 2.79. The van der Waals surface area contributed by atoms with E-state index in [0.29, 0.717) is 13.2 Å². The Labute approximate surface area is 87.4 Å². The summed E-state index contributed by atoms with van der Waals surface area (Å²) in [5, 5.41) is 0. The Balaban J connectivity index is 2.03. The average molecular weight is 219 g/mol. The second-order valence-corrected chi connectivity index (χ2v) is 4.42. The number of ketones is 1. The Morgan fingerprint density at radius 2 is 1.80 bits per heavy atom. The van der Waals surface area contributed by atoms with E-state index in [1.54, 1.807) is 0 Å². The highest BCUT2D eigenvalue weighted by Crippen LogP contribution is 2.34. The van der Waals surface area contributed by atoms with Gasteiger partial charge in [-0.05, 0) is 6.92 Å². The highest BCUT2D eigenvalue weighted by molar-refractivity contribution is 5.87. The van der Waals surface area contributed by atoms with E-state index in [1.807, 2.05) is 4.90 Å². The summed E-state index contributed by atoms with van der Waals surface area (Å²) in [7, 11) is 0. The Hall–Kier alpha value is -0.550. The third-order valence-corrected chi connectivity index (χ3v) is 3.44. The van der Waals surface area contributed by atoms with Crippen LogP contribution in [0, 0.1) is 0 Å². The molecule has 2 aliphatic rings. The molecule has 0 radical (unpaired) electrons. The molecule has 2 heterocycles. The number of Topliss-reactive ketones (excluding diaryl/α,β-unsaturated/α-hetero) is 1. The zero-order valence-corrected chi connectivity index (χ0v) is 8.76. The molecule has 0 saturated carbocycles. The van der Waals surface area contributed by atoms with Crippen LogP contribution in [0.5, 0.6) is 0 Å². The third kappa shape index (κ3) is 1.78. The van der Waals surface area contributed by atoms with E-state index in [-0.39, 0.29) is 31.7 Å². The van der Waals surface area contributed by atoms with Gasteiger partial charge in [-0.1, -0.05) is 0 Å². The molecule has 2 saturated heterocycles. The Bertz CT molecular complexity index is 267. The third-order valence-electron chi connectivity index (χ3n) is 3.44. The van der Waals surface area contributed by atoms with Crippen LogP contribution in [0.4, 0.5) is 8.78 Å². The largest absolute Gasteiger partial charge is 0.376 e. The second-order valence-electron chi connectivity index (χ2n) is 4.42. The number of rotatable bonds is 2. The van der Waals surface area contributed by atoms with Crippen molar-refractivity contribution in [1.29, 1.82) is 0 Å². The smallest absolute Gasteiger partial charge is 0.250 e. The van der Waals surface area contributed by atoms with Crippen LogP contribution in [-0.2, 0) is 9.53 Å². The first-order chi connectivity index (χ1) is 6.96. The number of piperidine rings is 1. The van der Waals surface area contributed by atoms with E-state index in [2.05, 4.69) is 0 Å². The zero-order chi connectivity index (χ0) is 11.1. The van der Waals surface area contributed by atoms with Crippen molar-refractivity contribution in [3.8, 4) is 0 Å². The van der Waals surface area contributed by atoms with Crippen LogP contribution in [0.2, 0.25) is 0 Å². The fourth-order valence-corrected chi connectivity index (χ4v) is 2.17. The van der Waals surface area contributed by atoms with Crippen molar-refractivity contribution in [3.63, 3.8) is 0 Å². The van der Waals surface area contributed by atoms with Crippen LogP contribution >= 0.6 is 0 Å². The van der Waals surface area contributed by atoms with Gasteiger partial charge in [-0.3, -0.25) is 9.69 Å². The predicted octanol–water partition coefficient (Wildman–Crippen LogP) is 1.08. The van der Waals surface area contributed by atoms with Crippen molar-refractivity contribution in [1.82, 2.24) is 4.90 Å². The number of ether oxygens (including phenoxy) is 1. The van der Waals surface area contributed by atoms with Crippen LogP contribution < -0.4 is 0 Å². The number of alkyl halides is 2. The van der Waals surface area contributed by atoms with Gasteiger partial charge in [0.1, 0.15) is 5.54 Å². The van der Waals surface area contributed by atoms with Gasteiger partial charge in [0.25, 0.3) is 5.92 Å². The SMILES string of the molecule is CC(=O)C1(N2CCC(F)(F)CC2)COC1. The molecule has 0 spiro atoms. The number of nitrogens with zero attached hydrogens (tertiary/aromatic N) is 1. The molecule has 0 atom stereocenters. The monoisotopic (exact) mass is 219 g/mol. The molecule has 2 aliphatic heterocycles. The van der Waals surface area contributed by atoms with E-state index in [1.165, 1.54) is 6.92 Å². The first-order valence-electron chi connectivity index (χ1n) is 5.18. The molecule has 3 nitrogen and oxygen atoms in total. The molecule has 0 aliphatic carbocycles. The molecule has 0 amide bonds. The molecule has 2 fully saturated rings. The van der Waals surface area contributed by atoms with E-state index < -0.39 is 11.5 Å². The normalized spacial score (nSPS) is 29.5. The predicted molar refractivity (Wildman–Crippen MR) is 50.0 cm³/mol. The van der Waals surface area contributed by atoms with Gasteiger partial charge in [-0.15, -0.1) is 0 Å². The lowest BCUT2D eigenvalue weighted by atomic mass is 9.88. The maximum atomic E-state index is 12.9. The highest BCUT2D eigenvalue weighted by atomic mass is 19.3. The van der Waals surface area contributed by atoms with Gasteiger partial charge in [-0.2, -0.15) is 0 Å². The summed E-state index contributed by atoms with van der Waals surface area (Å²) in [6, 6.07) is 0. The second kappa shape index (κ2) is 3.49. The van der Waals surface area contributed by atoms with Crippen molar-refractivity contribution in [2.24, 2.45) is 0 Å². The molecule has 15 heavy (non-hydrogen) atoms. The molecular weight excluding hydrogens is 204 g/mol. The van der Waals surface area contributed by atoms with Gasteiger partial charge in [-0.25, -0.2) is 8.78 Å². The number of likely N-dealkylation sites (tertiary alicyclic amines) is 1. The quantitative estimate of drug-likeness (QED) is 0.696. The van der Waals surface area contributed by atoms with Crippen molar-refractivity contribution >= 4 is 5.78 Å². The van der Waals surface area contributed by atoms with Crippen molar-refractivity contribution in [2.45, 2.75) is 31.2 Å². The number of carbonyl (C=O) groups is 1. The summed E-state index contributed by atoms with van der Waals surface area (Å²) >= 11 is 0. The standard InChI is InChI=1S/C10H15F2NO2/c1-8(14)9(6-15-7-9)13-4-2-10(11,12)3-5-13/h2-7H2,1H3. The molecule has 0 unspecified atom stereocenters. The minimum atomic E-state index is -2.56. The first kappa shape index (κ1) is 11.0. The summed E-state index contributed by atoms with van der Waals surface area (Å²) < 4.78 is 30.9. The summed E-state index contributed by atoms with van der Waals surface area (Å²) in [5.41, 5.74) is -0.601. The number of hydrogen-bond acceptors (Lipinski definition) is 3. The zero-order valence-electron chi connectivity index (χ0n) is 8.76. The van der Waals surface area contributed by atoms with Crippen LogP contribution in [0.15, 0.2) is 0 Å². The van der Waals surface area contributed by atoms with Gasteiger partial charge in [0.15, 0.2) is 5.78 Å². The van der Waals surface area contributed by atoms with Gasteiger partial charge in [0.2, 0.25) is 0 Å². The Morgan fingerprint density at radius 3 is 2.13 bits per heavy atom.